The summed E-state index contributed by atoms with van der Waals surface area (Å²) in [5, 5.41) is 0. The second-order valence-corrected chi connectivity index (χ2v) is 3.10. The summed E-state index contributed by atoms with van der Waals surface area (Å²) in [6.07, 6.45) is 0.119. The lowest BCUT2D eigenvalue weighted by atomic mass is 10.3. The van der Waals surface area contributed by atoms with Crippen LogP contribution in [0.1, 0.15) is 20.8 Å². The van der Waals surface area contributed by atoms with Crippen LogP contribution in [0.3, 0.4) is 0 Å². The minimum absolute atomic E-state index is 0.119. The van der Waals surface area contributed by atoms with E-state index in [9.17, 15) is 0 Å². The normalized spacial score (nSPS) is 25.4. The van der Waals surface area contributed by atoms with Gasteiger partial charge in [0.2, 0.25) is 0 Å². The molecule has 3 heteroatoms. The highest BCUT2D eigenvalue weighted by Crippen LogP contribution is 2.18. The summed E-state index contributed by atoms with van der Waals surface area (Å²) in [7, 11) is 0. The zero-order valence-corrected chi connectivity index (χ0v) is 7.42. The van der Waals surface area contributed by atoms with E-state index in [0.29, 0.717) is 13.2 Å². The van der Waals surface area contributed by atoms with Gasteiger partial charge in [0.25, 0.3) is 0 Å². The van der Waals surface area contributed by atoms with Crippen molar-refractivity contribution in [1.29, 1.82) is 0 Å². The molecular formula is C8H16O3. The molecule has 0 saturated carbocycles. The predicted molar refractivity (Wildman–Crippen MR) is 41.4 cm³/mol. The summed E-state index contributed by atoms with van der Waals surface area (Å²) in [5.41, 5.74) is 0. The van der Waals surface area contributed by atoms with Gasteiger partial charge in [0.1, 0.15) is 6.10 Å². The molecule has 1 fully saturated rings. The molecule has 1 aliphatic heterocycles. The van der Waals surface area contributed by atoms with E-state index in [1.165, 1.54) is 0 Å². The summed E-state index contributed by atoms with van der Waals surface area (Å²) in [6, 6.07) is 0. The van der Waals surface area contributed by atoms with Crippen LogP contribution in [0, 0.1) is 0 Å². The molecule has 0 aliphatic carbocycles. The van der Waals surface area contributed by atoms with Crippen molar-refractivity contribution in [2.24, 2.45) is 0 Å². The quantitative estimate of drug-likeness (QED) is 0.607. The van der Waals surface area contributed by atoms with Gasteiger partial charge in [-0.05, 0) is 20.8 Å². The van der Waals surface area contributed by atoms with Gasteiger partial charge in [-0.2, -0.15) is 0 Å². The number of rotatable bonds is 2. The Balaban J connectivity index is 2.25. The Morgan fingerprint density at radius 3 is 2.36 bits per heavy atom. The van der Waals surface area contributed by atoms with E-state index < -0.39 is 5.79 Å². The van der Waals surface area contributed by atoms with E-state index in [1.807, 2.05) is 20.8 Å². The Kier molecular flexibility index (Phi) is 2.87. The van der Waals surface area contributed by atoms with Crippen LogP contribution in [0.15, 0.2) is 0 Å². The second-order valence-electron chi connectivity index (χ2n) is 3.10. The van der Waals surface area contributed by atoms with E-state index in [1.54, 1.807) is 0 Å². The predicted octanol–water partition coefficient (Wildman–Crippen LogP) is 1.17. The molecule has 0 unspecified atom stereocenters. The molecule has 66 valence electrons. The minimum Gasteiger partial charge on any atom is -0.374 e. The lowest BCUT2D eigenvalue weighted by molar-refractivity contribution is -0.278. The molecule has 0 atom stereocenters. The Hall–Kier alpha value is -0.120. The number of hydrogen-bond acceptors (Lipinski definition) is 3. The largest absolute Gasteiger partial charge is 0.374 e. The standard InChI is InChI=1S/C8H16O3/c1-4-9-7-5-10-8(2,3)11-6-7/h7H,4-6H2,1-3H3. The zero-order chi connectivity index (χ0) is 8.32. The van der Waals surface area contributed by atoms with Gasteiger partial charge >= 0.3 is 0 Å². The third kappa shape index (κ3) is 2.77. The summed E-state index contributed by atoms with van der Waals surface area (Å²) in [6.45, 7) is 7.80. The molecular weight excluding hydrogens is 144 g/mol. The van der Waals surface area contributed by atoms with Crippen molar-refractivity contribution < 1.29 is 14.2 Å². The molecule has 0 radical (unpaired) electrons. The van der Waals surface area contributed by atoms with Crippen LogP contribution in [0.4, 0.5) is 0 Å². The number of ether oxygens (including phenoxy) is 3. The van der Waals surface area contributed by atoms with Crippen molar-refractivity contribution >= 4 is 0 Å². The topological polar surface area (TPSA) is 27.7 Å². The molecule has 1 saturated heterocycles. The van der Waals surface area contributed by atoms with Gasteiger partial charge in [-0.3, -0.25) is 0 Å². The zero-order valence-electron chi connectivity index (χ0n) is 7.42. The van der Waals surface area contributed by atoms with Gasteiger partial charge in [-0.25, -0.2) is 0 Å². The third-order valence-corrected chi connectivity index (χ3v) is 1.64. The van der Waals surface area contributed by atoms with Crippen LogP contribution in [0.5, 0.6) is 0 Å². The molecule has 1 rings (SSSR count). The maximum absolute atomic E-state index is 5.38. The van der Waals surface area contributed by atoms with Crippen LogP contribution in [-0.4, -0.2) is 31.7 Å². The van der Waals surface area contributed by atoms with E-state index in [-0.39, 0.29) is 6.10 Å². The van der Waals surface area contributed by atoms with Gasteiger partial charge in [-0.1, -0.05) is 0 Å². The summed E-state index contributed by atoms with van der Waals surface area (Å²) in [5.74, 6) is -0.423. The molecule has 0 N–H and O–H groups in total. The average molecular weight is 160 g/mol. The fourth-order valence-electron chi connectivity index (χ4n) is 1.01. The van der Waals surface area contributed by atoms with Gasteiger partial charge in [0.05, 0.1) is 13.2 Å². The second kappa shape index (κ2) is 3.52. The molecule has 0 bridgehead atoms. The first kappa shape index (κ1) is 8.97. The first-order chi connectivity index (χ1) is 5.14. The number of hydrogen-bond donors (Lipinski definition) is 0. The summed E-state index contributed by atoms with van der Waals surface area (Å²) in [4.78, 5) is 0. The Bertz CT molecular complexity index is 113. The fraction of sp³-hybridized carbons (Fsp3) is 1.00. The van der Waals surface area contributed by atoms with Crippen LogP contribution >= 0.6 is 0 Å². The summed E-state index contributed by atoms with van der Waals surface area (Å²) < 4.78 is 16.1. The Morgan fingerprint density at radius 1 is 1.36 bits per heavy atom. The van der Waals surface area contributed by atoms with Crippen LogP contribution in [0.25, 0.3) is 0 Å². The minimum atomic E-state index is -0.423. The Morgan fingerprint density at radius 2 is 1.91 bits per heavy atom. The summed E-state index contributed by atoms with van der Waals surface area (Å²) >= 11 is 0. The van der Waals surface area contributed by atoms with E-state index in [4.69, 9.17) is 14.2 Å². The smallest absolute Gasteiger partial charge is 0.163 e. The fourth-order valence-corrected chi connectivity index (χ4v) is 1.01. The van der Waals surface area contributed by atoms with Crippen molar-refractivity contribution in [2.45, 2.75) is 32.7 Å². The maximum atomic E-state index is 5.38. The average Bonchev–Trinajstić information content (AvgIpc) is 1.94. The van der Waals surface area contributed by atoms with Gasteiger partial charge < -0.3 is 14.2 Å². The van der Waals surface area contributed by atoms with E-state index >= 15 is 0 Å². The highest BCUT2D eigenvalue weighted by atomic mass is 16.7. The highest BCUT2D eigenvalue weighted by Gasteiger charge is 2.28. The lowest BCUT2D eigenvalue weighted by Crippen LogP contribution is -2.43. The van der Waals surface area contributed by atoms with Gasteiger partial charge in [0, 0.05) is 6.61 Å². The third-order valence-electron chi connectivity index (χ3n) is 1.64. The molecule has 0 aromatic carbocycles. The lowest BCUT2D eigenvalue weighted by Gasteiger charge is -2.34. The highest BCUT2D eigenvalue weighted by molar-refractivity contribution is 4.66. The molecule has 3 nitrogen and oxygen atoms in total. The SMILES string of the molecule is CCOC1COC(C)(C)OC1. The monoisotopic (exact) mass is 160 g/mol. The first-order valence-corrected chi connectivity index (χ1v) is 4.03. The van der Waals surface area contributed by atoms with Crippen molar-refractivity contribution in [3.8, 4) is 0 Å². The molecule has 1 heterocycles. The molecule has 0 aromatic heterocycles. The molecule has 0 spiro atoms. The molecule has 0 amide bonds. The van der Waals surface area contributed by atoms with Crippen molar-refractivity contribution in [1.82, 2.24) is 0 Å². The Labute approximate surface area is 67.6 Å². The maximum Gasteiger partial charge on any atom is 0.163 e. The molecule has 1 aliphatic rings. The van der Waals surface area contributed by atoms with Crippen molar-refractivity contribution in [3.63, 3.8) is 0 Å². The molecule has 11 heavy (non-hydrogen) atoms. The van der Waals surface area contributed by atoms with Crippen molar-refractivity contribution in [3.05, 3.63) is 0 Å². The van der Waals surface area contributed by atoms with Crippen LogP contribution < -0.4 is 0 Å². The van der Waals surface area contributed by atoms with Gasteiger partial charge in [-0.15, -0.1) is 0 Å². The van der Waals surface area contributed by atoms with Crippen LogP contribution in [0.2, 0.25) is 0 Å². The van der Waals surface area contributed by atoms with Crippen LogP contribution in [-0.2, 0) is 14.2 Å². The molecule has 0 aromatic rings. The first-order valence-electron chi connectivity index (χ1n) is 4.03. The van der Waals surface area contributed by atoms with Gasteiger partial charge in [0.15, 0.2) is 5.79 Å². The van der Waals surface area contributed by atoms with E-state index in [2.05, 4.69) is 0 Å². The van der Waals surface area contributed by atoms with E-state index in [0.717, 1.165) is 6.61 Å². The van der Waals surface area contributed by atoms with Crippen molar-refractivity contribution in [2.75, 3.05) is 19.8 Å².